The van der Waals surface area contributed by atoms with Crippen molar-refractivity contribution in [2.45, 2.75) is 45.3 Å². The highest BCUT2D eigenvalue weighted by molar-refractivity contribution is 14.2. The van der Waals surface area contributed by atoms with Crippen LogP contribution >= 0.6 is 30.4 Å². The molecule has 1 heterocycles. The van der Waals surface area contributed by atoms with Gasteiger partial charge in [-0.15, -0.1) is 0 Å². The number of rotatable bonds is 2. The monoisotopic (exact) mass is 359 g/mol. The molecule has 0 saturated carbocycles. The van der Waals surface area contributed by atoms with E-state index in [4.69, 9.17) is 8.92 Å². The molecule has 0 unspecified atom stereocenters. The normalized spacial score (nSPS) is 18.6. The molecular weight excluding hydrogens is 341 g/mol. The van der Waals surface area contributed by atoms with Gasteiger partial charge in [-0.05, 0) is 33.6 Å². The highest BCUT2D eigenvalue weighted by Crippen LogP contribution is 2.23. The smallest absolute Gasteiger partial charge is 0.410 e. The Balaban J connectivity index is 2.33. The summed E-state index contributed by atoms with van der Waals surface area (Å²) in [6, 6.07) is 0. The van der Waals surface area contributed by atoms with E-state index in [0.717, 1.165) is 25.9 Å². The van der Waals surface area contributed by atoms with Crippen molar-refractivity contribution < 1.29 is 13.7 Å². The molecule has 0 spiro atoms. The highest BCUT2D eigenvalue weighted by atomic mass is 127. The third-order valence-electron chi connectivity index (χ3n) is 2.27. The molecule has 0 aliphatic carbocycles. The molecule has 0 bridgehead atoms. The minimum absolute atomic E-state index is 0.215. The van der Waals surface area contributed by atoms with Gasteiger partial charge >= 0.3 is 6.09 Å². The summed E-state index contributed by atoms with van der Waals surface area (Å²) < 4.78 is 10.7. The van der Waals surface area contributed by atoms with Crippen LogP contribution in [0.15, 0.2) is 0 Å². The Morgan fingerprint density at radius 3 is 2.38 bits per heavy atom. The van der Waals surface area contributed by atoms with E-state index in [-0.39, 0.29) is 12.2 Å². The molecule has 0 atom stereocenters. The molecule has 0 aromatic carbocycles. The summed E-state index contributed by atoms with van der Waals surface area (Å²) in [4.78, 5) is 13.5. The fraction of sp³-hybridized carbons (Fsp3) is 0.900. The van der Waals surface area contributed by atoms with Gasteiger partial charge in [-0.2, -0.15) is 0 Å². The lowest BCUT2D eigenvalue weighted by atomic mass is 10.1. The van der Waals surface area contributed by atoms with Crippen LogP contribution in [0.2, 0.25) is 0 Å². The van der Waals surface area contributed by atoms with Crippen LogP contribution in [-0.4, -0.2) is 35.8 Å². The van der Waals surface area contributed by atoms with Crippen LogP contribution in [0.3, 0.4) is 0 Å². The van der Waals surface area contributed by atoms with Crippen molar-refractivity contribution in [2.24, 2.45) is 0 Å². The zero-order valence-electron chi connectivity index (χ0n) is 9.86. The van der Waals surface area contributed by atoms with Crippen molar-refractivity contribution in [3.05, 3.63) is 0 Å². The SMILES string of the molecule is CC(C)(C)OC(=O)N1CCC(OSI)CC1. The van der Waals surface area contributed by atoms with E-state index in [1.807, 2.05) is 20.8 Å². The minimum Gasteiger partial charge on any atom is -0.444 e. The first-order valence-corrected chi connectivity index (χ1v) is 8.63. The molecule has 1 saturated heterocycles. The molecule has 0 N–H and O–H groups in total. The summed E-state index contributed by atoms with van der Waals surface area (Å²) in [5, 5.41) is 0. The van der Waals surface area contributed by atoms with Crippen LogP contribution in [0.25, 0.3) is 0 Å². The van der Waals surface area contributed by atoms with E-state index in [1.165, 1.54) is 9.21 Å². The molecule has 6 heteroatoms. The highest BCUT2D eigenvalue weighted by Gasteiger charge is 2.27. The largest absolute Gasteiger partial charge is 0.444 e. The molecular formula is C10H18INO3S. The van der Waals surface area contributed by atoms with Crippen molar-refractivity contribution in [3.8, 4) is 0 Å². The lowest BCUT2D eigenvalue weighted by molar-refractivity contribution is 0.0143. The molecule has 1 amide bonds. The van der Waals surface area contributed by atoms with Crippen LogP contribution in [0.1, 0.15) is 33.6 Å². The van der Waals surface area contributed by atoms with Crippen LogP contribution in [-0.2, 0) is 8.92 Å². The van der Waals surface area contributed by atoms with E-state index >= 15 is 0 Å². The summed E-state index contributed by atoms with van der Waals surface area (Å²) >= 11 is 2.12. The Labute approximate surface area is 113 Å². The first kappa shape index (κ1) is 14.4. The molecule has 1 aliphatic heterocycles. The number of hydrogen-bond acceptors (Lipinski definition) is 4. The molecule has 94 valence electrons. The maximum absolute atomic E-state index is 11.7. The Bertz CT molecular complexity index is 237. The van der Waals surface area contributed by atoms with Crippen molar-refractivity contribution in [1.82, 2.24) is 4.90 Å². The Kier molecular flexibility index (Phi) is 5.66. The maximum Gasteiger partial charge on any atom is 0.410 e. The number of carbonyl (C=O) groups is 1. The average molecular weight is 359 g/mol. The number of hydrogen-bond donors (Lipinski definition) is 0. The van der Waals surface area contributed by atoms with Gasteiger partial charge in [0.25, 0.3) is 0 Å². The van der Waals surface area contributed by atoms with Crippen LogP contribution in [0.4, 0.5) is 4.79 Å². The Hall–Kier alpha value is 0.310. The molecule has 4 nitrogen and oxygen atoms in total. The summed E-state index contributed by atoms with van der Waals surface area (Å²) in [6.45, 7) is 7.09. The zero-order chi connectivity index (χ0) is 12.2. The number of carbonyl (C=O) groups excluding carboxylic acids is 1. The van der Waals surface area contributed by atoms with Crippen molar-refractivity contribution in [3.63, 3.8) is 0 Å². The Morgan fingerprint density at radius 2 is 1.94 bits per heavy atom. The minimum atomic E-state index is -0.414. The van der Waals surface area contributed by atoms with E-state index in [2.05, 4.69) is 21.2 Å². The maximum atomic E-state index is 11.7. The number of halogens is 1. The van der Waals surface area contributed by atoms with Gasteiger partial charge in [0.15, 0.2) is 0 Å². The van der Waals surface area contributed by atoms with Gasteiger partial charge in [0.05, 0.1) is 15.3 Å². The predicted molar refractivity (Wildman–Crippen MR) is 73.5 cm³/mol. The van der Waals surface area contributed by atoms with E-state index in [9.17, 15) is 4.79 Å². The molecule has 1 aliphatic rings. The fourth-order valence-electron chi connectivity index (χ4n) is 1.51. The van der Waals surface area contributed by atoms with Gasteiger partial charge in [0.2, 0.25) is 0 Å². The topological polar surface area (TPSA) is 38.8 Å². The molecule has 16 heavy (non-hydrogen) atoms. The van der Waals surface area contributed by atoms with Gasteiger partial charge in [-0.3, -0.25) is 0 Å². The lowest BCUT2D eigenvalue weighted by Gasteiger charge is -2.32. The summed E-state index contributed by atoms with van der Waals surface area (Å²) in [5.74, 6) is 0. The van der Waals surface area contributed by atoms with E-state index in [1.54, 1.807) is 4.90 Å². The van der Waals surface area contributed by atoms with Gasteiger partial charge in [-0.1, -0.05) is 0 Å². The molecule has 0 radical (unpaired) electrons. The number of piperidine rings is 1. The predicted octanol–water partition coefficient (Wildman–Crippen LogP) is 3.40. The van der Waals surface area contributed by atoms with Gasteiger partial charge in [0, 0.05) is 34.3 Å². The van der Waals surface area contributed by atoms with E-state index < -0.39 is 5.60 Å². The molecule has 0 aromatic rings. The van der Waals surface area contributed by atoms with Gasteiger partial charge < -0.3 is 13.8 Å². The summed E-state index contributed by atoms with van der Waals surface area (Å²) in [7, 11) is 1.36. The lowest BCUT2D eigenvalue weighted by Crippen LogP contribution is -2.43. The van der Waals surface area contributed by atoms with Crippen LogP contribution < -0.4 is 0 Å². The first-order valence-electron chi connectivity index (χ1n) is 5.34. The number of nitrogens with zero attached hydrogens (tertiary/aromatic N) is 1. The second-order valence-corrected chi connectivity index (χ2v) is 6.22. The van der Waals surface area contributed by atoms with Crippen LogP contribution in [0, 0.1) is 0 Å². The molecule has 1 rings (SSSR count). The second-order valence-electron chi connectivity index (χ2n) is 4.83. The number of ether oxygens (including phenoxy) is 1. The molecule has 1 fully saturated rings. The van der Waals surface area contributed by atoms with Crippen molar-refractivity contribution in [2.75, 3.05) is 13.1 Å². The van der Waals surface area contributed by atoms with Crippen molar-refractivity contribution >= 4 is 36.5 Å². The third-order valence-corrected chi connectivity index (χ3v) is 3.23. The number of amides is 1. The molecule has 0 aromatic heterocycles. The first-order chi connectivity index (χ1) is 7.42. The van der Waals surface area contributed by atoms with Gasteiger partial charge in [0.1, 0.15) is 5.60 Å². The van der Waals surface area contributed by atoms with Crippen molar-refractivity contribution in [1.29, 1.82) is 0 Å². The summed E-state index contributed by atoms with van der Waals surface area (Å²) in [5.41, 5.74) is -0.414. The quantitative estimate of drug-likeness (QED) is 0.560. The zero-order valence-corrected chi connectivity index (χ0v) is 12.8. The second kappa shape index (κ2) is 6.30. The third kappa shape index (κ3) is 5.09. The average Bonchev–Trinajstić information content (AvgIpc) is 2.16. The number of likely N-dealkylation sites (tertiary alicyclic amines) is 1. The standard InChI is InChI=1S/C10H18INO3S/c1-10(2,3)14-9(13)12-6-4-8(5-7-12)15-16-11/h8H,4-7H2,1-3H3. The summed E-state index contributed by atoms with van der Waals surface area (Å²) in [6.07, 6.45) is 1.82. The van der Waals surface area contributed by atoms with Crippen LogP contribution in [0.5, 0.6) is 0 Å². The fourth-order valence-corrected chi connectivity index (χ4v) is 2.69. The van der Waals surface area contributed by atoms with Gasteiger partial charge in [-0.25, -0.2) is 4.79 Å². The van der Waals surface area contributed by atoms with E-state index in [0.29, 0.717) is 0 Å². The Morgan fingerprint density at radius 1 is 1.38 bits per heavy atom.